The second kappa shape index (κ2) is 8.35. The Bertz CT molecular complexity index is 863. The second-order valence-corrected chi connectivity index (χ2v) is 7.72. The molecule has 0 radical (unpaired) electrons. The zero-order valence-corrected chi connectivity index (χ0v) is 16.5. The SMILES string of the molecule is Cc1ccccc1[C@H](OC[C@H](O)CN1C(=O)[C@H]2CCCN2C1=O)c1ccccc1. The predicted octanol–water partition coefficient (Wildman–Crippen LogP) is 2.89. The fraction of sp³-hybridized carbons (Fsp3) is 0.391. The molecule has 2 aromatic rings. The van der Waals surface area contributed by atoms with Crippen molar-refractivity contribution in [2.45, 2.75) is 38.0 Å². The molecule has 29 heavy (non-hydrogen) atoms. The average molecular weight is 394 g/mol. The van der Waals surface area contributed by atoms with Crippen LogP contribution in [0.15, 0.2) is 54.6 Å². The third-order valence-electron chi connectivity index (χ3n) is 5.70. The van der Waals surface area contributed by atoms with Crippen LogP contribution >= 0.6 is 0 Å². The minimum Gasteiger partial charge on any atom is -0.389 e. The van der Waals surface area contributed by atoms with Crippen LogP contribution in [0, 0.1) is 6.92 Å². The number of fused-ring (bicyclic) bond motifs is 1. The normalized spacial score (nSPS) is 20.8. The quantitative estimate of drug-likeness (QED) is 0.733. The fourth-order valence-corrected chi connectivity index (χ4v) is 4.19. The average Bonchev–Trinajstić information content (AvgIpc) is 3.30. The molecule has 0 aromatic heterocycles. The third kappa shape index (κ3) is 3.91. The van der Waals surface area contributed by atoms with Gasteiger partial charge in [-0.2, -0.15) is 0 Å². The standard InChI is InChI=1S/C23H26N2O4/c1-16-8-5-6-11-19(16)21(17-9-3-2-4-10-17)29-15-18(26)14-25-22(27)20-12-7-13-24(20)23(25)28/h2-6,8-11,18,20-21,26H,7,12-15H2,1H3/t18-,20-,21-/m1/s1. The third-order valence-corrected chi connectivity index (χ3v) is 5.70. The summed E-state index contributed by atoms with van der Waals surface area (Å²) in [4.78, 5) is 27.7. The summed E-state index contributed by atoms with van der Waals surface area (Å²) < 4.78 is 6.12. The first-order chi connectivity index (χ1) is 14.1. The number of aliphatic hydroxyl groups is 1. The number of ether oxygens (including phenoxy) is 1. The first-order valence-corrected chi connectivity index (χ1v) is 10.1. The van der Waals surface area contributed by atoms with Crippen LogP contribution in [0.1, 0.15) is 35.6 Å². The topological polar surface area (TPSA) is 70.1 Å². The van der Waals surface area contributed by atoms with E-state index in [1.54, 1.807) is 4.90 Å². The van der Waals surface area contributed by atoms with E-state index in [9.17, 15) is 14.7 Å². The lowest BCUT2D eigenvalue weighted by molar-refractivity contribution is -0.129. The van der Waals surface area contributed by atoms with Gasteiger partial charge < -0.3 is 14.7 Å². The van der Waals surface area contributed by atoms with Gasteiger partial charge in [0.15, 0.2) is 0 Å². The van der Waals surface area contributed by atoms with Gasteiger partial charge in [-0.15, -0.1) is 0 Å². The highest BCUT2D eigenvalue weighted by molar-refractivity contribution is 6.04. The molecule has 2 fully saturated rings. The molecule has 152 valence electrons. The van der Waals surface area contributed by atoms with Gasteiger partial charge in [0.1, 0.15) is 12.1 Å². The molecule has 2 aliphatic rings. The number of β-amino-alcohol motifs (C(OH)–C–C–N with tert-alkyl or cyclic N) is 1. The molecule has 0 spiro atoms. The van der Waals surface area contributed by atoms with Crippen LogP contribution in [0.25, 0.3) is 0 Å². The van der Waals surface area contributed by atoms with Crippen LogP contribution in [0.4, 0.5) is 4.79 Å². The maximum Gasteiger partial charge on any atom is 0.327 e. The van der Waals surface area contributed by atoms with Crippen molar-refractivity contribution in [2.75, 3.05) is 19.7 Å². The van der Waals surface area contributed by atoms with Crippen LogP contribution in [0.5, 0.6) is 0 Å². The van der Waals surface area contributed by atoms with Gasteiger partial charge in [0, 0.05) is 6.54 Å². The fourth-order valence-electron chi connectivity index (χ4n) is 4.19. The van der Waals surface area contributed by atoms with E-state index in [0.29, 0.717) is 13.0 Å². The molecule has 6 heteroatoms. The van der Waals surface area contributed by atoms with Crippen molar-refractivity contribution in [2.24, 2.45) is 0 Å². The molecule has 0 bridgehead atoms. The number of urea groups is 1. The van der Waals surface area contributed by atoms with Crippen LogP contribution in [-0.4, -0.2) is 58.7 Å². The molecular weight excluding hydrogens is 368 g/mol. The lowest BCUT2D eigenvalue weighted by atomic mass is 9.97. The highest BCUT2D eigenvalue weighted by atomic mass is 16.5. The maximum atomic E-state index is 12.5. The van der Waals surface area contributed by atoms with Crippen molar-refractivity contribution in [3.8, 4) is 0 Å². The molecule has 0 saturated carbocycles. The Morgan fingerprint density at radius 1 is 1.10 bits per heavy atom. The van der Waals surface area contributed by atoms with Crippen molar-refractivity contribution in [1.29, 1.82) is 0 Å². The number of imide groups is 1. The first kappa shape index (κ1) is 19.6. The van der Waals surface area contributed by atoms with Gasteiger partial charge in [0.25, 0.3) is 5.91 Å². The molecule has 2 aromatic carbocycles. The van der Waals surface area contributed by atoms with Gasteiger partial charge in [-0.1, -0.05) is 54.6 Å². The van der Waals surface area contributed by atoms with Crippen molar-refractivity contribution in [3.63, 3.8) is 0 Å². The lowest BCUT2D eigenvalue weighted by Crippen LogP contribution is -2.40. The monoisotopic (exact) mass is 394 g/mol. The number of aryl methyl sites for hydroxylation is 1. The van der Waals surface area contributed by atoms with E-state index in [0.717, 1.165) is 23.1 Å². The van der Waals surface area contributed by atoms with E-state index >= 15 is 0 Å². The zero-order valence-electron chi connectivity index (χ0n) is 16.5. The summed E-state index contributed by atoms with van der Waals surface area (Å²) in [6.07, 6.45) is 0.284. The Labute approximate surface area is 170 Å². The van der Waals surface area contributed by atoms with E-state index in [2.05, 4.69) is 0 Å². The Morgan fingerprint density at radius 3 is 2.55 bits per heavy atom. The molecule has 2 saturated heterocycles. The van der Waals surface area contributed by atoms with E-state index < -0.39 is 6.10 Å². The molecule has 3 amide bonds. The Morgan fingerprint density at radius 2 is 1.83 bits per heavy atom. The number of carbonyl (C=O) groups excluding carboxylic acids is 2. The molecule has 0 unspecified atom stereocenters. The van der Waals surface area contributed by atoms with Crippen molar-refractivity contribution < 1.29 is 19.4 Å². The summed E-state index contributed by atoms with van der Waals surface area (Å²) in [6, 6.07) is 17.2. The Hall–Kier alpha value is -2.70. The smallest absolute Gasteiger partial charge is 0.327 e. The van der Waals surface area contributed by atoms with E-state index in [-0.39, 0.29) is 37.2 Å². The Balaban J connectivity index is 1.44. The largest absolute Gasteiger partial charge is 0.389 e. The van der Waals surface area contributed by atoms with Crippen LogP contribution in [0.3, 0.4) is 0 Å². The first-order valence-electron chi connectivity index (χ1n) is 10.1. The van der Waals surface area contributed by atoms with Gasteiger partial charge in [-0.25, -0.2) is 4.79 Å². The highest BCUT2D eigenvalue weighted by Crippen LogP contribution is 2.30. The number of hydrogen-bond donors (Lipinski definition) is 1. The summed E-state index contributed by atoms with van der Waals surface area (Å²) >= 11 is 0. The minimum atomic E-state index is -0.946. The Kier molecular flexibility index (Phi) is 5.65. The number of rotatable bonds is 7. The van der Waals surface area contributed by atoms with Crippen LogP contribution < -0.4 is 0 Å². The highest BCUT2D eigenvalue weighted by Gasteiger charge is 2.47. The predicted molar refractivity (Wildman–Crippen MR) is 108 cm³/mol. The number of aliphatic hydroxyl groups excluding tert-OH is 1. The van der Waals surface area contributed by atoms with Gasteiger partial charge in [0.05, 0.1) is 19.3 Å². The van der Waals surface area contributed by atoms with Gasteiger partial charge in [-0.05, 0) is 36.5 Å². The molecule has 2 heterocycles. The lowest BCUT2D eigenvalue weighted by Gasteiger charge is -2.24. The van der Waals surface area contributed by atoms with Crippen molar-refractivity contribution in [3.05, 3.63) is 71.3 Å². The van der Waals surface area contributed by atoms with E-state index in [1.165, 1.54) is 4.90 Å². The number of hydrogen-bond acceptors (Lipinski definition) is 4. The van der Waals surface area contributed by atoms with Crippen molar-refractivity contribution in [1.82, 2.24) is 9.80 Å². The second-order valence-electron chi connectivity index (χ2n) is 7.72. The summed E-state index contributed by atoms with van der Waals surface area (Å²) in [7, 11) is 0. The summed E-state index contributed by atoms with van der Waals surface area (Å²) in [5, 5.41) is 10.5. The van der Waals surface area contributed by atoms with Gasteiger partial charge >= 0.3 is 6.03 Å². The summed E-state index contributed by atoms with van der Waals surface area (Å²) in [5.41, 5.74) is 3.12. The molecule has 2 aliphatic heterocycles. The van der Waals surface area contributed by atoms with Crippen LogP contribution in [0.2, 0.25) is 0 Å². The molecule has 1 N–H and O–H groups in total. The van der Waals surface area contributed by atoms with E-state index in [1.807, 2.05) is 61.5 Å². The molecular formula is C23H26N2O4. The molecule has 3 atom stereocenters. The van der Waals surface area contributed by atoms with Crippen molar-refractivity contribution >= 4 is 11.9 Å². The molecule has 6 nitrogen and oxygen atoms in total. The maximum absolute atomic E-state index is 12.5. The minimum absolute atomic E-state index is 0.0234. The number of nitrogens with zero attached hydrogens (tertiary/aromatic N) is 2. The summed E-state index contributed by atoms with van der Waals surface area (Å²) in [6.45, 7) is 2.62. The zero-order chi connectivity index (χ0) is 20.4. The number of amides is 3. The summed E-state index contributed by atoms with van der Waals surface area (Å²) in [5.74, 6) is -0.204. The van der Waals surface area contributed by atoms with Crippen LogP contribution in [-0.2, 0) is 9.53 Å². The number of benzene rings is 2. The number of carbonyl (C=O) groups is 2. The van der Waals surface area contributed by atoms with E-state index in [4.69, 9.17) is 4.74 Å². The van der Waals surface area contributed by atoms with Gasteiger partial charge in [0.2, 0.25) is 0 Å². The van der Waals surface area contributed by atoms with Gasteiger partial charge in [-0.3, -0.25) is 9.69 Å². The molecule has 4 rings (SSSR count). The molecule has 0 aliphatic carbocycles.